The second kappa shape index (κ2) is 6.01. The van der Waals surface area contributed by atoms with Crippen LogP contribution >= 0.6 is 0 Å². The van der Waals surface area contributed by atoms with Crippen LogP contribution in [0.2, 0.25) is 0 Å². The fraction of sp³-hybridized carbons (Fsp3) is 0.278. The molecule has 1 aliphatic heterocycles. The molecule has 3 aromatic rings. The number of nitrogens with zero attached hydrogens (tertiary/aromatic N) is 3. The first-order chi connectivity index (χ1) is 11.3. The minimum atomic E-state index is -0.223. The summed E-state index contributed by atoms with van der Waals surface area (Å²) in [5.41, 5.74) is 3.04. The number of hydrogen-bond donors (Lipinski definition) is 0. The summed E-state index contributed by atoms with van der Waals surface area (Å²) < 4.78 is 20.6. The van der Waals surface area contributed by atoms with Gasteiger partial charge < -0.3 is 4.42 Å². The van der Waals surface area contributed by atoms with Gasteiger partial charge in [0.1, 0.15) is 11.6 Å². The maximum absolute atomic E-state index is 13.1. The Kier molecular flexibility index (Phi) is 3.71. The summed E-state index contributed by atoms with van der Waals surface area (Å²) in [6, 6.07) is 12.5. The third-order valence-corrected chi connectivity index (χ3v) is 4.19. The van der Waals surface area contributed by atoms with E-state index in [0.29, 0.717) is 0 Å². The van der Waals surface area contributed by atoms with Crippen LogP contribution < -0.4 is 0 Å². The van der Waals surface area contributed by atoms with Crippen LogP contribution in [0.5, 0.6) is 0 Å². The van der Waals surface area contributed by atoms with Gasteiger partial charge >= 0.3 is 0 Å². The SMILES string of the molecule is Fc1ccc(-c2cc3n(n2)CCCN(Cc2ccco2)C3)cc1. The van der Waals surface area contributed by atoms with Crippen molar-refractivity contribution in [3.63, 3.8) is 0 Å². The Morgan fingerprint density at radius 1 is 1.13 bits per heavy atom. The third-order valence-electron chi connectivity index (χ3n) is 4.19. The molecule has 0 amide bonds. The average molecular weight is 311 g/mol. The molecule has 4 rings (SSSR count). The number of rotatable bonds is 3. The summed E-state index contributed by atoms with van der Waals surface area (Å²) in [5.74, 6) is 0.760. The maximum Gasteiger partial charge on any atom is 0.123 e. The largest absolute Gasteiger partial charge is 0.468 e. The summed E-state index contributed by atoms with van der Waals surface area (Å²) in [4.78, 5) is 2.37. The molecule has 0 unspecified atom stereocenters. The normalized spacial score (nSPS) is 15.3. The molecule has 0 spiro atoms. The summed E-state index contributed by atoms with van der Waals surface area (Å²) >= 11 is 0. The standard InChI is InChI=1S/C18H18FN3O/c19-15-6-4-14(5-7-15)18-11-16-12-21(8-2-9-22(16)20-18)13-17-3-1-10-23-17/h1,3-7,10-11H,2,8-9,12-13H2. The molecule has 0 aliphatic carbocycles. The Morgan fingerprint density at radius 2 is 2.00 bits per heavy atom. The topological polar surface area (TPSA) is 34.2 Å². The molecule has 1 aromatic carbocycles. The minimum absolute atomic E-state index is 0.223. The molecule has 118 valence electrons. The number of aromatic nitrogens is 2. The number of aryl methyl sites for hydroxylation is 1. The van der Waals surface area contributed by atoms with E-state index in [1.807, 2.05) is 12.1 Å². The molecule has 0 bridgehead atoms. The molecule has 0 saturated heterocycles. The van der Waals surface area contributed by atoms with Gasteiger partial charge in [0.05, 0.1) is 24.2 Å². The van der Waals surface area contributed by atoms with E-state index in [2.05, 4.69) is 20.7 Å². The first kappa shape index (κ1) is 14.2. The summed E-state index contributed by atoms with van der Waals surface area (Å²) in [6.45, 7) is 3.58. The number of benzene rings is 1. The highest BCUT2D eigenvalue weighted by Gasteiger charge is 2.18. The molecule has 2 aromatic heterocycles. The average Bonchev–Trinajstić information content (AvgIpc) is 3.15. The van der Waals surface area contributed by atoms with Gasteiger partial charge in [0.25, 0.3) is 0 Å². The van der Waals surface area contributed by atoms with Crippen molar-refractivity contribution in [3.05, 3.63) is 66.0 Å². The van der Waals surface area contributed by atoms with E-state index in [9.17, 15) is 4.39 Å². The van der Waals surface area contributed by atoms with Gasteiger partial charge in [0.15, 0.2) is 0 Å². The van der Waals surface area contributed by atoms with Gasteiger partial charge in [-0.3, -0.25) is 9.58 Å². The maximum atomic E-state index is 13.1. The van der Waals surface area contributed by atoms with Gasteiger partial charge in [-0.15, -0.1) is 0 Å². The van der Waals surface area contributed by atoms with Crippen LogP contribution in [-0.2, 0) is 19.6 Å². The second-order valence-corrected chi connectivity index (χ2v) is 5.89. The zero-order valence-corrected chi connectivity index (χ0v) is 12.8. The van der Waals surface area contributed by atoms with Crippen molar-refractivity contribution in [2.75, 3.05) is 6.54 Å². The van der Waals surface area contributed by atoms with Gasteiger partial charge in [-0.25, -0.2) is 4.39 Å². The lowest BCUT2D eigenvalue weighted by atomic mass is 10.1. The van der Waals surface area contributed by atoms with Crippen LogP contribution in [0.15, 0.2) is 53.1 Å². The number of hydrogen-bond acceptors (Lipinski definition) is 3. The molecule has 0 fully saturated rings. The monoisotopic (exact) mass is 311 g/mol. The van der Waals surface area contributed by atoms with Crippen LogP contribution in [-0.4, -0.2) is 21.2 Å². The van der Waals surface area contributed by atoms with E-state index in [1.54, 1.807) is 18.4 Å². The molecule has 23 heavy (non-hydrogen) atoms. The van der Waals surface area contributed by atoms with Crippen LogP contribution in [0.3, 0.4) is 0 Å². The van der Waals surface area contributed by atoms with E-state index in [1.165, 1.54) is 17.8 Å². The predicted octanol–water partition coefficient (Wildman–Crippen LogP) is 3.69. The van der Waals surface area contributed by atoms with Crippen LogP contribution in [0, 0.1) is 5.82 Å². The Balaban J connectivity index is 1.56. The lowest BCUT2D eigenvalue weighted by Crippen LogP contribution is -2.22. The van der Waals surface area contributed by atoms with Gasteiger partial charge in [-0.2, -0.15) is 5.10 Å². The molecule has 0 saturated carbocycles. The second-order valence-electron chi connectivity index (χ2n) is 5.89. The summed E-state index contributed by atoms with van der Waals surface area (Å²) in [7, 11) is 0. The van der Waals surface area contributed by atoms with Crippen molar-refractivity contribution in [1.29, 1.82) is 0 Å². The highest BCUT2D eigenvalue weighted by Crippen LogP contribution is 2.23. The van der Waals surface area contributed by atoms with Crippen molar-refractivity contribution < 1.29 is 8.81 Å². The predicted molar refractivity (Wildman–Crippen MR) is 85.1 cm³/mol. The molecule has 3 heterocycles. The molecule has 4 nitrogen and oxygen atoms in total. The van der Waals surface area contributed by atoms with Crippen molar-refractivity contribution >= 4 is 0 Å². The smallest absolute Gasteiger partial charge is 0.123 e. The van der Waals surface area contributed by atoms with Crippen molar-refractivity contribution in [2.45, 2.75) is 26.1 Å². The van der Waals surface area contributed by atoms with Gasteiger partial charge in [0, 0.05) is 25.2 Å². The number of fused-ring (bicyclic) bond motifs is 1. The molecule has 0 N–H and O–H groups in total. The first-order valence-electron chi connectivity index (χ1n) is 7.85. The highest BCUT2D eigenvalue weighted by atomic mass is 19.1. The highest BCUT2D eigenvalue weighted by molar-refractivity contribution is 5.59. The Morgan fingerprint density at radius 3 is 2.78 bits per heavy atom. The van der Waals surface area contributed by atoms with Crippen molar-refractivity contribution in [3.8, 4) is 11.3 Å². The summed E-state index contributed by atoms with van der Waals surface area (Å²) in [5, 5.41) is 4.69. The lowest BCUT2D eigenvalue weighted by Gasteiger charge is -2.17. The number of furan rings is 1. The van der Waals surface area contributed by atoms with Crippen molar-refractivity contribution in [1.82, 2.24) is 14.7 Å². The molecule has 0 radical (unpaired) electrons. The van der Waals surface area contributed by atoms with E-state index < -0.39 is 0 Å². The quantitative estimate of drug-likeness (QED) is 0.740. The van der Waals surface area contributed by atoms with Gasteiger partial charge in [-0.1, -0.05) is 0 Å². The lowest BCUT2D eigenvalue weighted by molar-refractivity contribution is 0.239. The molecule has 1 aliphatic rings. The summed E-state index contributed by atoms with van der Waals surface area (Å²) in [6.07, 6.45) is 2.77. The van der Waals surface area contributed by atoms with Crippen LogP contribution in [0.1, 0.15) is 17.9 Å². The zero-order valence-electron chi connectivity index (χ0n) is 12.8. The van der Waals surface area contributed by atoms with Gasteiger partial charge in [0.2, 0.25) is 0 Å². The third kappa shape index (κ3) is 3.05. The Labute approximate surface area is 134 Å². The van der Waals surface area contributed by atoms with E-state index >= 15 is 0 Å². The fourth-order valence-electron chi connectivity index (χ4n) is 3.05. The fourth-order valence-corrected chi connectivity index (χ4v) is 3.05. The Hall–Kier alpha value is -2.40. The molecular weight excluding hydrogens is 293 g/mol. The van der Waals surface area contributed by atoms with E-state index in [-0.39, 0.29) is 5.82 Å². The van der Waals surface area contributed by atoms with Crippen LogP contribution in [0.4, 0.5) is 4.39 Å². The van der Waals surface area contributed by atoms with E-state index in [4.69, 9.17) is 4.42 Å². The molecule has 5 heteroatoms. The molecule has 0 atom stereocenters. The van der Waals surface area contributed by atoms with Crippen LogP contribution in [0.25, 0.3) is 11.3 Å². The Bertz CT molecular complexity index is 777. The molecular formula is C18H18FN3O. The first-order valence-corrected chi connectivity index (χ1v) is 7.85. The van der Waals surface area contributed by atoms with Crippen molar-refractivity contribution in [2.24, 2.45) is 0 Å². The minimum Gasteiger partial charge on any atom is -0.468 e. The zero-order chi connectivity index (χ0) is 15.6. The van der Waals surface area contributed by atoms with Gasteiger partial charge in [-0.05, 0) is 48.9 Å². The number of halogens is 1. The van der Waals surface area contributed by atoms with E-state index in [0.717, 1.165) is 49.6 Å².